The number of hydrogen-bond donors (Lipinski definition) is 1. The summed E-state index contributed by atoms with van der Waals surface area (Å²) in [6, 6.07) is 8.21. The highest BCUT2D eigenvalue weighted by molar-refractivity contribution is 5.80. The standard InChI is InChI=1S/C11H13NO.C4H9F/c1-8(12)6-9-7-13-11-5-3-2-4-10(9)11;1-4(2,3)5/h2-5,7-8H,6,12H2,1H3;1-3H3. The zero-order chi connectivity index (χ0) is 13.8. The van der Waals surface area contributed by atoms with Gasteiger partial charge in [0.05, 0.1) is 6.26 Å². The summed E-state index contributed by atoms with van der Waals surface area (Å²) in [6.07, 6.45) is 2.67. The van der Waals surface area contributed by atoms with Crippen LogP contribution in [-0.4, -0.2) is 11.7 Å². The van der Waals surface area contributed by atoms with Gasteiger partial charge in [0.1, 0.15) is 11.3 Å². The Kier molecular flexibility index (Phi) is 4.91. The Balaban J connectivity index is 0.000000280. The number of alkyl halides is 1. The fraction of sp³-hybridized carbons (Fsp3) is 0.467. The number of furan rings is 1. The molecule has 0 fully saturated rings. The molecule has 0 amide bonds. The maximum Gasteiger partial charge on any atom is 0.134 e. The van der Waals surface area contributed by atoms with Gasteiger partial charge in [0.15, 0.2) is 0 Å². The lowest BCUT2D eigenvalue weighted by atomic mass is 10.1. The molecule has 1 atom stereocenters. The summed E-state index contributed by atoms with van der Waals surface area (Å²) < 4.78 is 17.1. The molecule has 1 unspecified atom stereocenters. The van der Waals surface area contributed by atoms with Gasteiger partial charge in [-0.2, -0.15) is 0 Å². The van der Waals surface area contributed by atoms with E-state index in [4.69, 9.17) is 10.2 Å². The molecule has 0 aliphatic heterocycles. The zero-order valence-corrected chi connectivity index (χ0v) is 11.5. The normalized spacial score (nSPS) is 13.0. The molecule has 0 aliphatic carbocycles. The Morgan fingerprint density at radius 1 is 1.28 bits per heavy atom. The van der Waals surface area contributed by atoms with E-state index in [9.17, 15) is 4.39 Å². The van der Waals surface area contributed by atoms with Crippen LogP contribution in [0.2, 0.25) is 0 Å². The average Bonchev–Trinajstić information content (AvgIpc) is 2.59. The van der Waals surface area contributed by atoms with Crippen LogP contribution >= 0.6 is 0 Å². The highest BCUT2D eigenvalue weighted by atomic mass is 19.1. The van der Waals surface area contributed by atoms with Crippen LogP contribution in [0.1, 0.15) is 33.3 Å². The predicted octanol–water partition coefficient (Wildman–Crippen LogP) is 4.08. The highest BCUT2D eigenvalue weighted by Crippen LogP contribution is 2.21. The van der Waals surface area contributed by atoms with Crippen molar-refractivity contribution in [2.24, 2.45) is 5.73 Å². The largest absolute Gasteiger partial charge is 0.464 e. The Morgan fingerprint density at radius 3 is 2.39 bits per heavy atom. The third kappa shape index (κ3) is 5.32. The lowest BCUT2D eigenvalue weighted by Gasteiger charge is -2.01. The number of hydrogen-bond acceptors (Lipinski definition) is 2. The van der Waals surface area contributed by atoms with Crippen molar-refractivity contribution in [1.82, 2.24) is 0 Å². The molecule has 0 saturated carbocycles. The number of benzene rings is 1. The Bertz CT molecular complexity index is 476. The van der Waals surface area contributed by atoms with E-state index in [1.165, 1.54) is 31.7 Å². The van der Waals surface area contributed by atoms with Crippen LogP contribution in [0, 0.1) is 0 Å². The van der Waals surface area contributed by atoms with Crippen LogP contribution in [0.4, 0.5) is 4.39 Å². The van der Waals surface area contributed by atoms with Gasteiger partial charge in [0.2, 0.25) is 0 Å². The molecule has 100 valence electrons. The van der Waals surface area contributed by atoms with Crippen molar-refractivity contribution in [3.63, 3.8) is 0 Å². The van der Waals surface area contributed by atoms with E-state index in [0.717, 1.165) is 12.0 Å². The molecule has 1 aromatic heterocycles. The van der Waals surface area contributed by atoms with Gasteiger partial charge < -0.3 is 10.2 Å². The van der Waals surface area contributed by atoms with Crippen LogP contribution < -0.4 is 5.73 Å². The molecule has 18 heavy (non-hydrogen) atoms. The molecule has 0 saturated heterocycles. The van der Waals surface area contributed by atoms with Crippen LogP contribution in [-0.2, 0) is 6.42 Å². The van der Waals surface area contributed by atoms with E-state index in [2.05, 4.69) is 6.07 Å². The van der Waals surface area contributed by atoms with Crippen LogP contribution in [0.5, 0.6) is 0 Å². The second-order valence-corrected chi connectivity index (χ2v) is 5.51. The number of fused-ring (bicyclic) bond motifs is 1. The Hall–Kier alpha value is -1.35. The topological polar surface area (TPSA) is 39.2 Å². The summed E-state index contributed by atoms with van der Waals surface area (Å²) >= 11 is 0. The van der Waals surface area contributed by atoms with Gasteiger partial charge in [-0.15, -0.1) is 0 Å². The van der Waals surface area contributed by atoms with Crippen LogP contribution in [0.25, 0.3) is 11.0 Å². The first kappa shape index (κ1) is 14.7. The van der Waals surface area contributed by atoms with E-state index < -0.39 is 5.67 Å². The minimum atomic E-state index is -1.00. The van der Waals surface area contributed by atoms with Gasteiger partial charge in [-0.3, -0.25) is 0 Å². The van der Waals surface area contributed by atoms with Crippen molar-refractivity contribution in [3.05, 3.63) is 36.1 Å². The molecule has 1 heterocycles. The molecule has 3 heteroatoms. The van der Waals surface area contributed by atoms with Crippen molar-refractivity contribution < 1.29 is 8.81 Å². The fourth-order valence-corrected chi connectivity index (χ4v) is 1.54. The molecule has 2 N–H and O–H groups in total. The summed E-state index contributed by atoms with van der Waals surface area (Å²) in [5, 5.41) is 1.18. The second-order valence-electron chi connectivity index (χ2n) is 5.51. The zero-order valence-electron chi connectivity index (χ0n) is 11.5. The first-order chi connectivity index (χ1) is 8.27. The number of para-hydroxylation sites is 1. The summed E-state index contributed by atoms with van der Waals surface area (Å²) in [4.78, 5) is 0. The summed E-state index contributed by atoms with van der Waals surface area (Å²) in [5.74, 6) is 0. The van der Waals surface area contributed by atoms with E-state index in [0.29, 0.717) is 0 Å². The van der Waals surface area contributed by atoms with Crippen LogP contribution in [0.3, 0.4) is 0 Å². The number of nitrogens with two attached hydrogens (primary N) is 1. The van der Waals surface area contributed by atoms with Crippen molar-refractivity contribution in [2.75, 3.05) is 0 Å². The van der Waals surface area contributed by atoms with Crippen LogP contribution in [0.15, 0.2) is 34.9 Å². The minimum Gasteiger partial charge on any atom is -0.464 e. The molecular formula is C15H22FNO. The van der Waals surface area contributed by atoms with Gasteiger partial charge in [-0.05, 0) is 45.7 Å². The van der Waals surface area contributed by atoms with Gasteiger partial charge in [0, 0.05) is 11.4 Å². The molecule has 0 spiro atoms. The first-order valence-corrected chi connectivity index (χ1v) is 6.17. The van der Waals surface area contributed by atoms with Gasteiger partial charge >= 0.3 is 0 Å². The molecule has 0 bridgehead atoms. The van der Waals surface area contributed by atoms with E-state index in [1.54, 1.807) is 6.26 Å². The maximum absolute atomic E-state index is 11.7. The van der Waals surface area contributed by atoms with Crippen molar-refractivity contribution in [3.8, 4) is 0 Å². The molecule has 2 nitrogen and oxygen atoms in total. The number of rotatable bonds is 2. The monoisotopic (exact) mass is 251 g/mol. The van der Waals surface area contributed by atoms with E-state index in [-0.39, 0.29) is 6.04 Å². The molecule has 1 aromatic carbocycles. The van der Waals surface area contributed by atoms with E-state index >= 15 is 0 Å². The lowest BCUT2D eigenvalue weighted by Crippen LogP contribution is -2.17. The van der Waals surface area contributed by atoms with E-state index in [1.807, 2.05) is 25.1 Å². The third-order valence-electron chi connectivity index (χ3n) is 2.10. The maximum atomic E-state index is 11.7. The van der Waals surface area contributed by atoms with Gasteiger partial charge in [-0.25, -0.2) is 4.39 Å². The molecule has 0 aliphatic rings. The quantitative estimate of drug-likeness (QED) is 0.873. The van der Waals surface area contributed by atoms with Crippen molar-refractivity contribution >= 4 is 11.0 Å². The van der Waals surface area contributed by atoms with Crippen molar-refractivity contribution in [2.45, 2.75) is 45.8 Å². The number of halogens is 1. The van der Waals surface area contributed by atoms with Crippen molar-refractivity contribution in [1.29, 1.82) is 0 Å². The summed E-state index contributed by atoms with van der Waals surface area (Å²) in [6.45, 7) is 6.56. The molecule has 0 radical (unpaired) electrons. The summed E-state index contributed by atoms with van der Waals surface area (Å²) in [5.41, 5.74) is 6.88. The molecule has 2 rings (SSSR count). The minimum absolute atomic E-state index is 0.181. The van der Waals surface area contributed by atoms with Gasteiger partial charge in [-0.1, -0.05) is 18.2 Å². The SMILES string of the molecule is CC(C)(C)F.CC(N)Cc1coc2ccccc12. The highest BCUT2D eigenvalue weighted by Gasteiger charge is 2.06. The smallest absolute Gasteiger partial charge is 0.134 e. The lowest BCUT2D eigenvalue weighted by molar-refractivity contribution is 0.246. The molecule has 2 aromatic rings. The average molecular weight is 251 g/mol. The Morgan fingerprint density at radius 2 is 1.83 bits per heavy atom. The Labute approximate surface area is 108 Å². The predicted molar refractivity (Wildman–Crippen MR) is 74.4 cm³/mol. The first-order valence-electron chi connectivity index (χ1n) is 6.17. The molecular weight excluding hydrogens is 229 g/mol. The van der Waals surface area contributed by atoms with Gasteiger partial charge in [0.25, 0.3) is 0 Å². The fourth-order valence-electron chi connectivity index (χ4n) is 1.54. The third-order valence-corrected chi connectivity index (χ3v) is 2.10. The summed E-state index contributed by atoms with van der Waals surface area (Å²) in [7, 11) is 0. The second kappa shape index (κ2) is 6.01.